The predicted octanol–water partition coefficient (Wildman–Crippen LogP) is 5.60. The fourth-order valence-corrected chi connectivity index (χ4v) is 3.91. The summed E-state index contributed by atoms with van der Waals surface area (Å²) in [6.07, 6.45) is -16.6. The maximum atomic E-state index is 12.8. The molecule has 1 heterocycles. The summed E-state index contributed by atoms with van der Waals surface area (Å²) in [5, 5.41) is -0.579. The minimum absolute atomic E-state index is 0.138. The topological polar surface area (TPSA) is 32.7 Å². The summed E-state index contributed by atoms with van der Waals surface area (Å²) in [5.41, 5.74) is -1.27. The Morgan fingerprint density at radius 1 is 1.11 bits per heavy atom. The molecule has 0 aliphatic carbocycles. The highest BCUT2D eigenvalue weighted by Crippen LogP contribution is 2.41. The molecule has 0 N–H and O–H groups in total. The van der Waals surface area contributed by atoms with E-state index in [1.807, 2.05) is 0 Å². The van der Waals surface area contributed by atoms with Crippen LogP contribution in [-0.4, -0.2) is 34.1 Å². The van der Waals surface area contributed by atoms with Crippen LogP contribution in [0.3, 0.4) is 0 Å². The molecule has 1 aliphatic heterocycles. The van der Waals surface area contributed by atoms with Crippen molar-refractivity contribution in [2.75, 3.05) is 11.4 Å². The molecule has 1 saturated heterocycles. The van der Waals surface area contributed by atoms with Crippen LogP contribution in [0.2, 0.25) is 0 Å². The molecule has 1 aromatic carbocycles. The number of hydrogen-bond acceptors (Lipinski definition) is 2. The number of alkyl halides is 10. The van der Waals surface area contributed by atoms with Gasteiger partial charge in [-0.2, -0.15) is 44.5 Å². The van der Waals surface area contributed by atoms with Gasteiger partial charge in [-0.1, -0.05) is 33.8 Å². The highest BCUT2D eigenvalue weighted by atomic mass is 79.9. The van der Waals surface area contributed by atoms with Gasteiger partial charge in [-0.05, 0) is 18.2 Å². The van der Waals surface area contributed by atoms with Gasteiger partial charge in [-0.25, -0.2) is 0 Å². The van der Waals surface area contributed by atoms with Gasteiger partial charge in [0.05, 0.1) is 9.72 Å². The summed E-state index contributed by atoms with van der Waals surface area (Å²) in [5.74, 6) is -6.83. The van der Waals surface area contributed by atoms with Crippen molar-refractivity contribution in [1.29, 1.82) is 0 Å². The second-order valence-corrected chi connectivity index (χ2v) is 8.32. The number of nitrogens with zero attached hydrogens (tertiary/aromatic N) is 2. The molecule has 2 rings (SSSR count). The normalized spacial score (nSPS) is 20.3. The highest BCUT2D eigenvalue weighted by Gasteiger charge is 2.61. The maximum absolute atomic E-state index is 12.8. The van der Waals surface area contributed by atoms with E-state index in [0.717, 1.165) is 23.1 Å². The number of carbonyl (C=O) groups is 1. The molecule has 28 heavy (non-hydrogen) atoms. The Labute approximate surface area is 164 Å². The lowest BCUT2D eigenvalue weighted by molar-refractivity contribution is -0.273. The first kappa shape index (κ1) is 22.8. The summed E-state index contributed by atoms with van der Waals surface area (Å²) in [6.45, 7) is -0.138. The molecule has 0 saturated carbocycles. The van der Waals surface area contributed by atoms with Crippen LogP contribution in [0.1, 0.15) is 5.56 Å². The lowest BCUT2D eigenvalue weighted by Crippen LogP contribution is -2.42. The molecular weight excluding hydrogens is 495 g/mol. The van der Waals surface area contributed by atoms with Gasteiger partial charge in [-0.15, -0.1) is 0 Å². The molecule has 0 aromatic heterocycles. The van der Waals surface area contributed by atoms with Crippen LogP contribution in [0.15, 0.2) is 29.3 Å². The van der Waals surface area contributed by atoms with Crippen molar-refractivity contribution in [3.63, 3.8) is 0 Å². The zero-order valence-corrected chi connectivity index (χ0v) is 15.6. The smallest absolute Gasteiger partial charge is 0.319 e. The van der Waals surface area contributed by atoms with E-state index in [-0.39, 0.29) is 12.2 Å². The third kappa shape index (κ3) is 5.33. The first-order chi connectivity index (χ1) is 12.6. The zero-order valence-electron chi connectivity index (χ0n) is 13.2. The van der Waals surface area contributed by atoms with Crippen LogP contribution in [0.4, 0.5) is 45.2 Å². The minimum Gasteiger partial charge on any atom is -0.319 e. The number of carbonyl (C=O) groups excluding carboxylic acids is 1. The highest BCUT2D eigenvalue weighted by molar-refractivity contribution is 9.11. The number of benzene rings is 1. The molecule has 156 valence electrons. The van der Waals surface area contributed by atoms with E-state index < -0.39 is 45.2 Å². The molecule has 1 unspecified atom stereocenters. The largest absolute Gasteiger partial charge is 0.416 e. The first-order valence-corrected chi connectivity index (χ1v) is 8.91. The molecule has 14 heteroatoms. The summed E-state index contributed by atoms with van der Waals surface area (Å²) in [7, 11) is 0. The average Bonchev–Trinajstić information content (AvgIpc) is 2.83. The van der Waals surface area contributed by atoms with Crippen molar-refractivity contribution in [2.24, 2.45) is 10.9 Å². The van der Waals surface area contributed by atoms with Gasteiger partial charge in [0.1, 0.15) is 0 Å². The molecule has 0 radical (unpaired) electrons. The Balaban J connectivity index is 2.42. The van der Waals surface area contributed by atoms with Gasteiger partial charge in [0, 0.05) is 12.2 Å². The summed E-state index contributed by atoms with van der Waals surface area (Å²) < 4.78 is 114. The third-order valence-electron chi connectivity index (χ3n) is 3.38. The number of hydrogen-bond donors (Lipinski definition) is 0. The fourth-order valence-electron chi connectivity index (χ4n) is 2.21. The molecule has 0 spiro atoms. The predicted molar refractivity (Wildman–Crippen MR) is 87.1 cm³/mol. The Morgan fingerprint density at radius 2 is 1.68 bits per heavy atom. The number of aliphatic imine (C=N–C) groups is 1. The lowest BCUT2D eigenvalue weighted by Gasteiger charge is -2.22. The van der Waals surface area contributed by atoms with E-state index in [4.69, 9.17) is 0 Å². The second kappa shape index (κ2) is 7.76. The van der Waals surface area contributed by atoms with Gasteiger partial charge in [0.2, 0.25) is 5.92 Å². The number of amides is 1. The summed E-state index contributed by atoms with van der Waals surface area (Å²) in [4.78, 5) is 15.5. The second-order valence-electron chi connectivity index (χ2n) is 5.44. The third-order valence-corrected chi connectivity index (χ3v) is 5.16. The van der Waals surface area contributed by atoms with Crippen LogP contribution in [-0.2, 0) is 11.0 Å². The van der Waals surface area contributed by atoms with Crippen LogP contribution >= 0.6 is 27.7 Å². The number of thioether (sulfide) groups is 1. The monoisotopic (exact) mass is 502 g/mol. The van der Waals surface area contributed by atoms with Gasteiger partial charge in [-0.3, -0.25) is 4.79 Å². The van der Waals surface area contributed by atoms with Crippen molar-refractivity contribution in [3.8, 4) is 0 Å². The van der Waals surface area contributed by atoms with Gasteiger partial charge in [0.25, 0.3) is 5.91 Å². The Bertz CT molecular complexity index is 761. The van der Waals surface area contributed by atoms with Gasteiger partial charge in [0.15, 0.2) is 5.17 Å². The first-order valence-electron chi connectivity index (χ1n) is 7.12. The van der Waals surface area contributed by atoms with E-state index >= 15 is 0 Å². The van der Waals surface area contributed by atoms with Crippen LogP contribution < -0.4 is 4.90 Å². The summed E-state index contributed by atoms with van der Waals surface area (Å²) in [6, 6.07) is 3.56. The van der Waals surface area contributed by atoms with Crippen molar-refractivity contribution < 1.29 is 44.3 Å². The SMILES string of the molecule is O=C(N=C1SC(Br)CN1c1cccc(C(F)(F)F)c1)C(C(F)(F)F)C(F)(F)F. The minimum atomic E-state index is -5.92. The molecule has 1 aliphatic rings. The number of rotatable bonds is 2. The Morgan fingerprint density at radius 3 is 2.18 bits per heavy atom. The molecular formula is C14H8BrF9N2OS. The number of halogens is 10. The number of amidine groups is 1. The Kier molecular flexibility index (Phi) is 6.34. The number of anilines is 1. The van der Waals surface area contributed by atoms with Crippen LogP contribution in [0, 0.1) is 5.92 Å². The van der Waals surface area contributed by atoms with Crippen molar-refractivity contribution >= 4 is 44.5 Å². The van der Waals surface area contributed by atoms with E-state index in [1.54, 1.807) is 0 Å². The van der Waals surface area contributed by atoms with Crippen LogP contribution in [0.25, 0.3) is 0 Å². The van der Waals surface area contributed by atoms with Crippen LogP contribution in [0.5, 0.6) is 0 Å². The van der Waals surface area contributed by atoms with E-state index in [9.17, 15) is 44.3 Å². The quantitative estimate of drug-likeness (QED) is 0.389. The van der Waals surface area contributed by atoms with Gasteiger partial charge < -0.3 is 4.90 Å². The Hall–Kier alpha value is -1.44. The zero-order chi connectivity index (χ0) is 21.5. The summed E-state index contributed by atoms with van der Waals surface area (Å²) >= 11 is 3.65. The van der Waals surface area contributed by atoms with Crippen molar-refractivity contribution in [1.82, 2.24) is 0 Å². The maximum Gasteiger partial charge on any atom is 0.416 e. The fraction of sp³-hybridized carbons (Fsp3) is 0.429. The molecule has 1 amide bonds. The molecule has 1 atom stereocenters. The lowest BCUT2D eigenvalue weighted by atomic mass is 10.1. The van der Waals surface area contributed by atoms with Crippen molar-refractivity contribution in [3.05, 3.63) is 29.8 Å². The average molecular weight is 503 g/mol. The van der Waals surface area contributed by atoms with E-state index in [1.165, 1.54) is 0 Å². The van der Waals surface area contributed by atoms with E-state index in [2.05, 4.69) is 20.9 Å². The molecule has 0 bridgehead atoms. The van der Waals surface area contributed by atoms with E-state index in [0.29, 0.717) is 17.8 Å². The van der Waals surface area contributed by atoms with Gasteiger partial charge >= 0.3 is 18.5 Å². The molecule has 1 aromatic rings. The molecule has 1 fully saturated rings. The standard InChI is InChI=1S/C14H8BrF9N2OS/c15-8-5-26(7-3-1-2-6(4-7)12(16,17)18)11(28-8)25-10(27)9(13(19,20)21)14(22,23)24/h1-4,8-9H,5H2. The molecule has 3 nitrogen and oxygen atoms in total. The van der Waals surface area contributed by atoms with Crippen molar-refractivity contribution in [2.45, 2.75) is 22.7 Å².